The minimum absolute atomic E-state index is 0.338. The van der Waals surface area contributed by atoms with Crippen molar-refractivity contribution >= 4 is 5.78 Å². The number of rotatable bonds is 0. The second kappa shape index (κ2) is 1.66. The van der Waals surface area contributed by atoms with Gasteiger partial charge in [-0.1, -0.05) is 18.2 Å². The Bertz CT molecular complexity index is 275. The van der Waals surface area contributed by atoms with Gasteiger partial charge in [-0.3, -0.25) is 4.79 Å². The fraction of sp³-hybridized carbons (Fsp3) is 0.500. The molecule has 0 radical (unpaired) electrons. The summed E-state index contributed by atoms with van der Waals surface area (Å²) in [7, 11) is 0. The molecule has 3 aliphatic carbocycles. The van der Waals surface area contributed by atoms with Crippen molar-refractivity contribution in [3.05, 3.63) is 24.3 Å². The van der Waals surface area contributed by atoms with Crippen LogP contribution in [0.1, 0.15) is 6.42 Å². The predicted octanol–water partition coefficient (Wildman–Crippen LogP) is 1.56. The van der Waals surface area contributed by atoms with Crippen LogP contribution in [0.25, 0.3) is 0 Å². The van der Waals surface area contributed by atoms with Crippen molar-refractivity contribution in [2.45, 2.75) is 6.42 Å². The van der Waals surface area contributed by atoms with E-state index in [0.717, 1.165) is 0 Å². The quantitative estimate of drug-likeness (QED) is 0.474. The van der Waals surface area contributed by atoms with Crippen molar-refractivity contribution in [3.63, 3.8) is 0 Å². The highest BCUT2D eigenvalue weighted by atomic mass is 16.1. The van der Waals surface area contributed by atoms with E-state index in [1.165, 1.54) is 6.42 Å². The molecule has 0 heterocycles. The van der Waals surface area contributed by atoms with Crippen molar-refractivity contribution < 1.29 is 4.79 Å². The number of ketones is 1. The van der Waals surface area contributed by atoms with E-state index in [-0.39, 0.29) is 0 Å². The molecule has 0 saturated heterocycles. The van der Waals surface area contributed by atoms with Gasteiger partial charge in [-0.25, -0.2) is 0 Å². The van der Waals surface area contributed by atoms with Gasteiger partial charge in [-0.2, -0.15) is 0 Å². The third kappa shape index (κ3) is 0.550. The molecule has 2 bridgehead atoms. The monoisotopic (exact) mass is 146 g/mol. The summed E-state index contributed by atoms with van der Waals surface area (Å²) < 4.78 is 0. The molecule has 0 aromatic rings. The fourth-order valence-corrected chi connectivity index (χ4v) is 2.84. The molecule has 1 nitrogen and oxygen atoms in total. The van der Waals surface area contributed by atoms with Crippen molar-refractivity contribution in [1.29, 1.82) is 0 Å². The molecule has 1 heteroatoms. The van der Waals surface area contributed by atoms with Crippen LogP contribution in [0.2, 0.25) is 0 Å². The highest BCUT2D eigenvalue weighted by Crippen LogP contribution is 2.51. The summed E-state index contributed by atoms with van der Waals surface area (Å²) >= 11 is 0. The number of carbonyl (C=O) groups excluding carboxylic acids is 1. The summed E-state index contributed by atoms with van der Waals surface area (Å²) in [5.41, 5.74) is 0. The Morgan fingerprint density at radius 2 is 2.00 bits per heavy atom. The van der Waals surface area contributed by atoms with Crippen LogP contribution in [-0.4, -0.2) is 5.78 Å². The topological polar surface area (TPSA) is 17.1 Å². The maximum atomic E-state index is 11.3. The van der Waals surface area contributed by atoms with Crippen LogP contribution in [0.5, 0.6) is 0 Å². The van der Waals surface area contributed by atoms with Gasteiger partial charge in [0.25, 0.3) is 0 Å². The molecule has 3 aliphatic rings. The number of fused-ring (bicyclic) bond motifs is 5. The molecule has 0 unspecified atom stereocenters. The van der Waals surface area contributed by atoms with E-state index in [9.17, 15) is 4.79 Å². The molecule has 1 fully saturated rings. The maximum absolute atomic E-state index is 11.3. The first-order valence-corrected chi connectivity index (χ1v) is 4.26. The van der Waals surface area contributed by atoms with Crippen LogP contribution in [-0.2, 0) is 4.79 Å². The van der Waals surface area contributed by atoms with Gasteiger partial charge in [0, 0.05) is 5.92 Å². The normalized spacial score (nSPS) is 50.7. The SMILES string of the molecule is O=C1C=C[C@@H]2[C@@H]1[C@@H]1C=C[C@H]2C1. The second-order valence-corrected chi connectivity index (χ2v) is 3.81. The standard InChI is InChI=1S/C10H10O/c11-9-4-3-8-6-1-2-7(5-6)10(8)9/h1-4,6-8,10H,5H2/t6-,7+,8-,10-/m0/s1. The Balaban J connectivity index is 2.08. The molecule has 3 rings (SSSR count). The minimum Gasteiger partial charge on any atom is -0.295 e. The third-order valence-corrected chi connectivity index (χ3v) is 3.33. The zero-order valence-electron chi connectivity index (χ0n) is 6.23. The molecule has 1 saturated carbocycles. The van der Waals surface area contributed by atoms with Crippen molar-refractivity contribution in [2.24, 2.45) is 23.7 Å². The van der Waals surface area contributed by atoms with Gasteiger partial charge >= 0.3 is 0 Å². The van der Waals surface area contributed by atoms with E-state index >= 15 is 0 Å². The van der Waals surface area contributed by atoms with Gasteiger partial charge in [-0.15, -0.1) is 0 Å². The lowest BCUT2D eigenvalue weighted by molar-refractivity contribution is -0.118. The lowest BCUT2D eigenvalue weighted by atomic mass is 9.85. The Morgan fingerprint density at radius 1 is 1.18 bits per heavy atom. The van der Waals surface area contributed by atoms with Gasteiger partial charge in [-0.05, 0) is 30.3 Å². The highest BCUT2D eigenvalue weighted by Gasteiger charge is 2.48. The first-order chi connectivity index (χ1) is 5.36. The summed E-state index contributed by atoms with van der Waals surface area (Å²) in [4.78, 5) is 11.3. The lowest BCUT2D eigenvalue weighted by Gasteiger charge is -2.17. The van der Waals surface area contributed by atoms with E-state index in [4.69, 9.17) is 0 Å². The van der Waals surface area contributed by atoms with Crippen LogP contribution in [0.4, 0.5) is 0 Å². The van der Waals surface area contributed by atoms with Crippen LogP contribution in [0.15, 0.2) is 24.3 Å². The van der Waals surface area contributed by atoms with Gasteiger partial charge in [0.1, 0.15) is 0 Å². The lowest BCUT2D eigenvalue weighted by Crippen LogP contribution is -2.19. The molecule has 0 aromatic heterocycles. The number of hydrogen-bond acceptors (Lipinski definition) is 1. The number of hydrogen-bond donors (Lipinski definition) is 0. The van der Waals surface area contributed by atoms with E-state index in [1.807, 2.05) is 0 Å². The summed E-state index contributed by atoms with van der Waals surface area (Å²) in [5.74, 6) is 2.54. The van der Waals surface area contributed by atoms with Crippen molar-refractivity contribution in [2.75, 3.05) is 0 Å². The molecule has 56 valence electrons. The fourth-order valence-electron chi connectivity index (χ4n) is 2.84. The average Bonchev–Trinajstić information content (AvgIpc) is 2.60. The summed E-state index contributed by atoms with van der Waals surface area (Å²) in [6.45, 7) is 0. The van der Waals surface area contributed by atoms with Crippen molar-refractivity contribution in [3.8, 4) is 0 Å². The summed E-state index contributed by atoms with van der Waals surface area (Å²) in [5, 5.41) is 0. The Labute approximate surface area is 65.8 Å². The van der Waals surface area contributed by atoms with Crippen molar-refractivity contribution in [1.82, 2.24) is 0 Å². The molecule has 4 atom stereocenters. The first-order valence-electron chi connectivity index (χ1n) is 4.26. The van der Waals surface area contributed by atoms with Crippen LogP contribution < -0.4 is 0 Å². The molecular weight excluding hydrogens is 136 g/mol. The van der Waals surface area contributed by atoms with Gasteiger partial charge < -0.3 is 0 Å². The van der Waals surface area contributed by atoms with E-state index < -0.39 is 0 Å². The molecule has 0 aliphatic heterocycles. The molecule has 0 spiro atoms. The Morgan fingerprint density at radius 3 is 2.82 bits per heavy atom. The van der Waals surface area contributed by atoms with E-state index in [2.05, 4.69) is 18.2 Å². The number of allylic oxidation sites excluding steroid dienone is 4. The van der Waals surface area contributed by atoms with E-state index in [0.29, 0.717) is 29.5 Å². The zero-order chi connectivity index (χ0) is 7.42. The third-order valence-electron chi connectivity index (χ3n) is 3.33. The molecule has 0 amide bonds. The Kier molecular flexibility index (Phi) is 0.867. The van der Waals surface area contributed by atoms with Crippen LogP contribution in [0, 0.1) is 23.7 Å². The van der Waals surface area contributed by atoms with Gasteiger partial charge in [0.05, 0.1) is 0 Å². The molecular formula is C10H10O. The van der Waals surface area contributed by atoms with Gasteiger partial charge in [0.2, 0.25) is 0 Å². The van der Waals surface area contributed by atoms with Crippen LogP contribution >= 0.6 is 0 Å². The first kappa shape index (κ1) is 5.76. The molecule has 0 N–H and O–H groups in total. The maximum Gasteiger partial charge on any atom is 0.159 e. The largest absolute Gasteiger partial charge is 0.295 e. The second-order valence-electron chi connectivity index (χ2n) is 3.81. The molecule has 0 aromatic carbocycles. The zero-order valence-corrected chi connectivity index (χ0v) is 6.23. The van der Waals surface area contributed by atoms with Crippen LogP contribution in [0.3, 0.4) is 0 Å². The summed E-state index contributed by atoms with van der Waals surface area (Å²) in [6, 6.07) is 0. The predicted molar refractivity (Wildman–Crippen MR) is 41.9 cm³/mol. The highest BCUT2D eigenvalue weighted by molar-refractivity contribution is 5.95. The van der Waals surface area contributed by atoms with E-state index in [1.54, 1.807) is 6.08 Å². The number of carbonyl (C=O) groups is 1. The van der Waals surface area contributed by atoms with Gasteiger partial charge in [0.15, 0.2) is 5.78 Å². The molecule has 11 heavy (non-hydrogen) atoms. The Hall–Kier alpha value is -0.850. The smallest absolute Gasteiger partial charge is 0.159 e. The summed E-state index contributed by atoms with van der Waals surface area (Å²) in [6.07, 6.45) is 9.64. The minimum atomic E-state index is 0.338. The average molecular weight is 146 g/mol.